The molecule has 170 valence electrons. The van der Waals surface area contributed by atoms with Crippen molar-refractivity contribution < 1.29 is 14.3 Å². The quantitative estimate of drug-likeness (QED) is 0.579. The lowest BCUT2D eigenvalue weighted by molar-refractivity contribution is 0.0745. The molecule has 4 rings (SSSR count). The van der Waals surface area contributed by atoms with Crippen LogP contribution in [0.3, 0.4) is 0 Å². The first-order chi connectivity index (χ1) is 15.9. The Hall–Kier alpha value is -3.94. The van der Waals surface area contributed by atoms with Gasteiger partial charge in [-0.15, -0.1) is 0 Å². The van der Waals surface area contributed by atoms with Gasteiger partial charge in [0.1, 0.15) is 11.6 Å². The standard InChI is InChI=1S/C25H27N5O3/c1-17-16-23(27-21-8-10-22(33-3)11-9-21)28-25(26-17)30-14-12-29(13-15-30)24(32)20-6-4-19(5-7-20)18(2)31/h4-11,16H,12-15H2,1-3H3,(H,26,27,28). The topological polar surface area (TPSA) is 87.7 Å². The van der Waals surface area contributed by atoms with Crippen LogP contribution >= 0.6 is 0 Å². The summed E-state index contributed by atoms with van der Waals surface area (Å²) >= 11 is 0. The predicted molar refractivity (Wildman–Crippen MR) is 128 cm³/mol. The molecule has 0 atom stereocenters. The molecule has 2 heterocycles. The third-order valence-corrected chi connectivity index (χ3v) is 5.59. The van der Waals surface area contributed by atoms with E-state index in [-0.39, 0.29) is 11.7 Å². The van der Waals surface area contributed by atoms with E-state index in [4.69, 9.17) is 4.74 Å². The minimum atomic E-state index is -0.0308. The number of carbonyl (C=O) groups excluding carboxylic acids is 2. The number of aromatic nitrogens is 2. The number of anilines is 3. The molecule has 0 unspecified atom stereocenters. The van der Waals surface area contributed by atoms with E-state index in [1.165, 1.54) is 6.92 Å². The van der Waals surface area contributed by atoms with Crippen molar-refractivity contribution in [2.45, 2.75) is 13.8 Å². The number of methoxy groups -OCH3 is 1. The third-order valence-electron chi connectivity index (χ3n) is 5.59. The van der Waals surface area contributed by atoms with E-state index in [1.807, 2.05) is 42.2 Å². The van der Waals surface area contributed by atoms with Crippen LogP contribution in [0.15, 0.2) is 54.6 Å². The Morgan fingerprint density at radius 2 is 1.55 bits per heavy atom. The lowest BCUT2D eigenvalue weighted by Crippen LogP contribution is -2.49. The van der Waals surface area contributed by atoms with Crippen LogP contribution in [0.5, 0.6) is 5.75 Å². The van der Waals surface area contributed by atoms with Crippen molar-refractivity contribution in [3.8, 4) is 5.75 Å². The molecular weight excluding hydrogens is 418 g/mol. The summed E-state index contributed by atoms with van der Waals surface area (Å²) in [5.74, 6) is 2.11. The Kier molecular flexibility index (Phi) is 6.53. The van der Waals surface area contributed by atoms with E-state index in [0.29, 0.717) is 49.1 Å². The molecule has 1 aliphatic heterocycles. The molecule has 1 fully saturated rings. The maximum Gasteiger partial charge on any atom is 0.253 e. The number of benzene rings is 2. The van der Waals surface area contributed by atoms with Crippen molar-refractivity contribution in [1.82, 2.24) is 14.9 Å². The van der Waals surface area contributed by atoms with Gasteiger partial charge in [0.05, 0.1) is 7.11 Å². The molecule has 8 nitrogen and oxygen atoms in total. The lowest BCUT2D eigenvalue weighted by Gasteiger charge is -2.35. The lowest BCUT2D eigenvalue weighted by atomic mass is 10.1. The fourth-order valence-corrected chi connectivity index (χ4v) is 3.72. The number of hydrogen-bond donors (Lipinski definition) is 1. The molecule has 1 saturated heterocycles. The van der Waals surface area contributed by atoms with Crippen LogP contribution in [0.4, 0.5) is 17.5 Å². The Morgan fingerprint density at radius 1 is 0.909 bits per heavy atom. The number of ketones is 1. The predicted octanol–water partition coefficient (Wildman–Crippen LogP) is 3.70. The van der Waals surface area contributed by atoms with E-state index >= 15 is 0 Å². The number of ether oxygens (including phenoxy) is 1. The summed E-state index contributed by atoms with van der Waals surface area (Å²) in [5.41, 5.74) is 2.96. The van der Waals surface area contributed by atoms with Crippen molar-refractivity contribution in [2.75, 3.05) is 43.5 Å². The van der Waals surface area contributed by atoms with Crippen LogP contribution in [0, 0.1) is 6.92 Å². The number of hydrogen-bond acceptors (Lipinski definition) is 7. The second-order valence-corrected chi connectivity index (χ2v) is 7.96. The van der Waals surface area contributed by atoms with Gasteiger partial charge in [-0.3, -0.25) is 9.59 Å². The molecule has 3 aromatic rings. The number of nitrogens with zero attached hydrogens (tertiary/aromatic N) is 4. The van der Waals surface area contributed by atoms with Gasteiger partial charge in [0.25, 0.3) is 5.91 Å². The summed E-state index contributed by atoms with van der Waals surface area (Å²) < 4.78 is 5.20. The first-order valence-electron chi connectivity index (χ1n) is 10.8. The van der Waals surface area contributed by atoms with Crippen LogP contribution in [-0.4, -0.2) is 59.8 Å². The second-order valence-electron chi connectivity index (χ2n) is 7.96. The number of piperazine rings is 1. The van der Waals surface area contributed by atoms with Gasteiger partial charge in [-0.2, -0.15) is 4.98 Å². The molecule has 0 bridgehead atoms. The monoisotopic (exact) mass is 445 g/mol. The van der Waals surface area contributed by atoms with Crippen LogP contribution < -0.4 is 15.0 Å². The van der Waals surface area contributed by atoms with Gasteiger partial charge in [-0.05, 0) is 50.2 Å². The van der Waals surface area contributed by atoms with Crippen molar-refractivity contribution in [3.63, 3.8) is 0 Å². The van der Waals surface area contributed by atoms with Crippen LogP contribution in [-0.2, 0) is 0 Å². The van der Waals surface area contributed by atoms with Gasteiger partial charge < -0.3 is 19.9 Å². The molecule has 1 N–H and O–H groups in total. The number of amides is 1. The molecule has 0 spiro atoms. The Labute approximate surface area is 193 Å². The number of aryl methyl sites for hydroxylation is 1. The van der Waals surface area contributed by atoms with E-state index < -0.39 is 0 Å². The molecule has 1 aliphatic rings. The highest BCUT2D eigenvalue weighted by atomic mass is 16.5. The van der Waals surface area contributed by atoms with Crippen molar-refractivity contribution in [3.05, 3.63) is 71.4 Å². The zero-order valence-electron chi connectivity index (χ0n) is 19.0. The number of nitrogens with one attached hydrogen (secondary N) is 1. The van der Waals surface area contributed by atoms with E-state index in [1.54, 1.807) is 31.4 Å². The average Bonchev–Trinajstić information content (AvgIpc) is 2.84. The molecule has 1 aromatic heterocycles. The molecule has 8 heteroatoms. The zero-order valence-corrected chi connectivity index (χ0v) is 19.0. The maximum atomic E-state index is 12.9. The highest BCUT2D eigenvalue weighted by Crippen LogP contribution is 2.22. The summed E-state index contributed by atoms with van der Waals surface area (Å²) in [7, 11) is 1.64. The van der Waals surface area contributed by atoms with Gasteiger partial charge in [-0.1, -0.05) is 12.1 Å². The smallest absolute Gasteiger partial charge is 0.253 e. The van der Waals surface area contributed by atoms with E-state index in [0.717, 1.165) is 17.1 Å². The molecule has 1 amide bonds. The maximum absolute atomic E-state index is 12.9. The number of carbonyl (C=O) groups is 2. The summed E-state index contributed by atoms with van der Waals surface area (Å²) in [6, 6.07) is 16.4. The number of Topliss-reactive ketones (excluding diaryl/α,β-unsaturated/α-hetero) is 1. The molecule has 0 radical (unpaired) electrons. The summed E-state index contributed by atoms with van der Waals surface area (Å²) in [5, 5.41) is 3.31. The van der Waals surface area contributed by atoms with Gasteiger partial charge in [-0.25, -0.2) is 4.98 Å². The molecule has 0 aliphatic carbocycles. The summed E-state index contributed by atoms with van der Waals surface area (Å²) in [6.07, 6.45) is 0. The van der Waals surface area contributed by atoms with Crippen LogP contribution in [0.2, 0.25) is 0 Å². The number of rotatable bonds is 6. The first-order valence-corrected chi connectivity index (χ1v) is 10.8. The Bertz CT molecular complexity index is 1140. The van der Waals surface area contributed by atoms with Crippen LogP contribution in [0.1, 0.15) is 33.3 Å². The Morgan fingerprint density at radius 3 is 2.15 bits per heavy atom. The van der Waals surface area contributed by atoms with E-state index in [2.05, 4.69) is 20.2 Å². The molecular formula is C25H27N5O3. The molecule has 0 saturated carbocycles. The van der Waals surface area contributed by atoms with Crippen molar-refractivity contribution >= 4 is 29.1 Å². The molecule has 2 aromatic carbocycles. The fraction of sp³-hybridized carbons (Fsp3) is 0.280. The SMILES string of the molecule is COc1ccc(Nc2cc(C)nc(N3CCN(C(=O)c4ccc(C(C)=O)cc4)CC3)n2)cc1. The third kappa shape index (κ3) is 5.28. The highest BCUT2D eigenvalue weighted by molar-refractivity contribution is 5.97. The van der Waals surface area contributed by atoms with E-state index in [9.17, 15) is 9.59 Å². The first kappa shape index (κ1) is 22.3. The van der Waals surface area contributed by atoms with Gasteiger partial charge in [0.15, 0.2) is 5.78 Å². The van der Waals surface area contributed by atoms with Crippen LogP contribution in [0.25, 0.3) is 0 Å². The van der Waals surface area contributed by atoms with Crippen molar-refractivity contribution in [1.29, 1.82) is 0 Å². The minimum Gasteiger partial charge on any atom is -0.497 e. The zero-order chi connectivity index (χ0) is 23.4. The average molecular weight is 446 g/mol. The summed E-state index contributed by atoms with van der Waals surface area (Å²) in [6.45, 7) is 5.89. The summed E-state index contributed by atoms with van der Waals surface area (Å²) in [4.78, 5) is 37.5. The normalized spacial score (nSPS) is 13.5. The minimum absolute atomic E-state index is 0.0124. The molecule has 33 heavy (non-hydrogen) atoms. The Balaban J connectivity index is 1.40. The van der Waals surface area contributed by atoms with Gasteiger partial charge in [0.2, 0.25) is 5.95 Å². The van der Waals surface area contributed by atoms with Crippen molar-refractivity contribution in [2.24, 2.45) is 0 Å². The fourth-order valence-electron chi connectivity index (χ4n) is 3.72. The largest absolute Gasteiger partial charge is 0.497 e. The highest BCUT2D eigenvalue weighted by Gasteiger charge is 2.24. The van der Waals surface area contributed by atoms with Gasteiger partial charge in [0, 0.05) is 54.8 Å². The second kappa shape index (κ2) is 9.68. The van der Waals surface area contributed by atoms with Gasteiger partial charge >= 0.3 is 0 Å².